The topological polar surface area (TPSA) is 111 Å². The molecule has 0 aromatic carbocycles. The van der Waals surface area contributed by atoms with E-state index < -0.39 is 0 Å². The number of nitrogens with two attached hydrogens (primary N) is 2. The van der Waals surface area contributed by atoms with E-state index in [1.54, 1.807) is 0 Å². The molecule has 2 aromatic rings. The average Bonchev–Trinajstić information content (AvgIpc) is 2.15. The fourth-order valence-corrected chi connectivity index (χ4v) is 1.81. The summed E-state index contributed by atoms with van der Waals surface area (Å²) in [5.74, 6) is 0.398. The van der Waals surface area contributed by atoms with Crippen LogP contribution in [0.5, 0.6) is 0 Å². The van der Waals surface area contributed by atoms with Crippen molar-refractivity contribution in [1.82, 2.24) is 15.0 Å². The first kappa shape index (κ1) is 10.6. The molecule has 84 valence electrons. The highest BCUT2D eigenvalue weighted by atomic mass is 16.3. The summed E-state index contributed by atoms with van der Waals surface area (Å²) in [5, 5.41) is 9.91. The number of nitrogen functional groups attached to an aromatic ring is 2. The van der Waals surface area contributed by atoms with Crippen LogP contribution in [-0.4, -0.2) is 20.1 Å². The standard InChI is InChI=1S/C10H13N5O/c1-4-6(3-16)5(2)13-9-7(4)8(11)14-10(12)15-9/h16H,3H2,1-2H3,(H4,11,12,13,14,15). The van der Waals surface area contributed by atoms with Gasteiger partial charge >= 0.3 is 0 Å². The van der Waals surface area contributed by atoms with Crippen molar-refractivity contribution in [3.8, 4) is 0 Å². The zero-order valence-electron chi connectivity index (χ0n) is 9.15. The summed E-state index contributed by atoms with van der Waals surface area (Å²) >= 11 is 0. The number of anilines is 2. The lowest BCUT2D eigenvalue weighted by Crippen LogP contribution is -2.06. The van der Waals surface area contributed by atoms with Gasteiger partial charge in [-0.05, 0) is 19.4 Å². The number of hydrogen-bond donors (Lipinski definition) is 3. The summed E-state index contributed by atoms with van der Waals surface area (Å²) in [4.78, 5) is 12.2. The van der Waals surface area contributed by atoms with Gasteiger partial charge in [-0.2, -0.15) is 9.97 Å². The van der Waals surface area contributed by atoms with E-state index >= 15 is 0 Å². The number of fused-ring (bicyclic) bond motifs is 1. The Balaban J connectivity index is 2.93. The molecule has 0 radical (unpaired) electrons. The Morgan fingerprint density at radius 2 is 1.81 bits per heavy atom. The zero-order chi connectivity index (χ0) is 11.9. The molecule has 0 saturated carbocycles. The maximum atomic E-state index is 9.26. The van der Waals surface area contributed by atoms with Crippen LogP contribution in [0.15, 0.2) is 0 Å². The molecule has 0 aliphatic carbocycles. The average molecular weight is 219 g/mol. The summed E-state index contributed by atoms with van der Waals surface area (Å²) in [6, 6.07) is 0. The molecular weight excluding hydrogens is 206 g/mol. The van der Waals surface area contributed by atoms with Gasteiger partial charge in [0.15, 0.2) is 5.65 Å². The zero-order valence-corrected chi connectivity index (χ0v) is 9.15. The molecule has 0 saturated heterocycles. The maximum Gasteiger partial charge on any atom is 0.224 e. The number of nitrogens with zero attached hydrogens (tertiary/aromatic N) is 3. The third-order valence-corrected chi connectivity index (χ3v) is 2.63. The molecule has 2 rings (SSSR count). The summed E-state index contributed by atoms with van der Waals surface area (Å²) in [7, 11) is 0. The van der Waals surface area contributed by atoms with Crippen LogP contribution < -0.4 is 11.5 Å². The Kier molecular flexibility index (Phi) is 2.35. The molecule has 0 atom stereocenters. The lowest BCUT2D eigenvalue weighted by molar-refractivity contribution is 0.280. The molecule has 0 fully saturated rings. The van der Waals surface area contributed by atoms with Gasteiger partial charge in [0.25, 0.3) is 0 Å². The molecule has 5 N–H and O–H groups in total. The van der Waals surface area contributed by atoms with E-state index in [1.165, 1.54) is 0 Å². The van der Waals surface area contributed by atoms with Crippen molar-refractivity contribution < 1.29 is 5.11 Å². The van der Waals surface area contributed by atoms with Crippen LogP contribution in [0.1, 0.15) is 16.8 Å². The lowest BCUT2D eigenvalue weighted by atomic mass is 10.1. The second-order valence-corrected chi connectivity index (χ2v) is 3.62. The van der Waals surface area contributed by atoms with E-state index in [9.17, 15) is 5.11 Å². The minimum atomic E-state index is -0.0789. The van der Waals surface area contributed by atoms with Crippen molar-refractivity contribution in [2.45, 2.75) is 20.5 Å². The van der Waals surface area contributed by atoms with Gasteiger partial charge < -0.3 is 16.6 Å². The Labute approximate surface area is 92.3 Å². The third-order valence-electron chi connectivity index (χ3n) is 2.63. The van der Waals surface area contributed by atoms with Crippen LogP contribution in [0, 0.1) is 13.8 Å². The van der Waals surface area contributed by atoms with Crippen molar-refractivity contribution in [1.29, 1.82) is 0 Å². The number of aliphatic hydroxyl groups is 1. The number of aryl methyl sites for hydroxylation is 2. The van der Waals surface area contributed by atoms with E-state index in [1.807, 2.05) is 13.8 Å². The normalized spacial score (nSPS) is 10.9. The number of aliphatic hydroxyl groups excluding tert-OH is 1. The highest BCUT2D eigenvalue weighted by Crippen LogP contribution is 2.25. The molecule has 2 aromatic heterocycles. The summed E-state index contributed by atoms with van der Waals surface area (Å²) in [5.41, 5.74) is 14.1. The smallest absolute Gasteiger partial charge is 0.224 e. The predicted molar refractivity (Wildman–Crippen MR) is 61.6 cm³/mol. The van der Waals surface area contributed by atoms with Gasteiger partial charge in [0.2, 0.25) is 5.95 Å². The van der Waals surface area contributed by atoms with E-state index in [0.717, 1.165) is 16.8 Å². The van der Waals surface area contributed by atoms with Gasteiger partial charge in [0.05, 0.1) is 12.0 Å². The second kappa shape index (κ2) is 3.57. The Bertz CT molecular complexity index is 567. The fourth-order valence-electron chi connectivity index (χ4n) is 1.81. The minimum Gasteiger partial charge on any atom is -0.392 e. The van der Waals surface area contributed by atoms with Crippen LogP contribution in [0.2, 0.25) is 0 Å². The van der Waals surface area contributed by atoms with Crippen molar-refractivity contribution in [3.05, 3.63) is 16.8 Å². The van der Waals surface area contributed by atoms with Crippen LogP contribution in [0.4, 0.5) is 11.8 Å². The molecule has 6 nitrogen and oxygen atoms in total. The van der Waals surface area contributed by atoms with Crippen molar-refractivity contribution in [2.24, 2.45) is 0 Å². The quantitative estimate of drug-likeness (QED) is 0.636. The molecule has 0 aliphatic heterocycles. The molecule has 0 amide bonds. The van der Waals surface area contributed by atoms with E-state index in [0.29, 0.717) is 16.9 Å². The molecule has 0 bridgehead atoms. The first-order chi connectivity index (χ1) is 7.54. The minimum absolute atomic E-state index is 0.0789. The van der Waals surface area contributed by atoms with Gasteiger partial charge in [-0.15, -0.1) is 0 Å². The number of rotatable bonds is 1. The number of pyridine rings is 1. The molecular formula is C10H13N5O. The largest absolute Gasteiger partial charge is 0.392 e. The number of aromatic nitrogens is 3. The number of hydrogen-bond acceptors (Lipinski definition) is 6. The first-order valence-corrected chi connectivity index (χ1v) is 4.84. The highest BCUT2D eigenvalue weighted by molar-refractivity contribution is 5.90. The van der Waals surface area contributed by atoms with E-state index in [2.05, 4.69) is 15.0 Å². The highest BCUT2D eigenvalue weighted by Gasteiger charge is 2.13. The van der Waals surface area contributed by atoms with Crippen molar-refractivity contribution in [3.63, 3.8) is 0 Å². The lowest BCUT2D eigenvalue weighted by Gasteiger charge is -2.11. The first-order valence-electron chi connectivity index (χ1n) is 4.84. The monoisotopic (exact) mass is 219 g/mol. The molecule has 16 heavy (non-hydrogen) atoms. The summed E-state index contributed by atoms with van der Waals surface area (Å²) < 4.78 is 0. The van der Waals surface area contributed by atoms with Crippen LogP contribution in [0.25, 0.3) is 11.0 Å². The van der Waals surface area contributed by atoms with Crippen LogP contribution in [0.3, 0.4) is 0 Å². The molecule has 0 aliphatic rings. The van der Waals surface area contributed by atoms with Crippen molar-refractivity contribution in [2.75, 3.05) is 11.5 Å². The van der Waals surface area contributed by atoms with Gasteiger partial charge in [-0.25, -0.2) is 4.98 Å². The molecule has 2 heterocycles. The van der Waals surface area contributed by atoms with Crippen LogP contribution in [-0.2, 0) is 6.61 Å². The van der Waals surface area contributed by atoms with E-state index in [4.69, 9.17) is 11.5 Å². The van der Waals surface area contributed by atoms with Crippen LogP contribution >= 0.6 is 0 Å². The Morgan fingerprint density at radius 3 is 2.44 bits per heavy atom. The Hall–Kier alpha value is -1.95. The van der Waals surface area contributed by atoms with Crippen molar-refractivity contribution >= 4 is 22.8 Å². The van der Waals surface area contributed by atoms with Gasteiger partial charge in [0, 0.05) is 11.3 Å². The molecule has 0 spiro atoms. The Morgan fingerprint density at radius 1 is 1.12 bits per heavy atom. The second-order valence-electron chi connectivity index (χ2n) is 3.62. The summed E-state index contributed by atoms with van der Waals surface area (Å²) in [6.45, 7) is 3.59. The SMILES string of the molecule is Cc1nc2nc(N)nc(N)c2c(C)c1CO. The molecule has 0 unspecified atom stereocenters. The van der Waals surface area contributed by atoms with Gasteiger partial charge in [-0.1, -0.05) is 0 Å². The molecule has 6 heteroatoms. The summed E-state index contributed by atoms with van der Waals surface area (Å²) in [6.07, 6.45) is 0. The predicted octanol–water partition coefficient (Wildman–Crippen LogP) is 0.298. The third kappa shape index (κ3) is 1.43. The van der Waals surface area contributed by atoms with Gasteiger partial charge in [-0.3, -0.25) is 0 Å². The maximum absolute atomic E-state index is 9.26. The van der Waals surface area contributed by atoms with Gasteiger partial charge in [0.1, 0.15) is 5.82 Å². The fraction of sp³-hybridized carbons (Fsp3) is 0.300. The van der Waals surface area contributed by atoms with E-state index in [-0.39, 0.29) is 12.6 Å².